The molecule has 6 heteroatoms. The molecule has 0 saturated heterocycles. The Morgan fingerprint density at radius 3 is 2.47 bits per heavy atom. The van der Waals surface area contributed by atoms with Gasteiger partial charge >= 0.3 is 12.1 Å². The van der Waals surface area contributed by atoms with Gasteiger partial charge in [-0.3, -0.25) is 4.90 Å². The van der Waals surface area contributed by atoms with Crippen molar-refractivity contribution in [3.8, 4) is 0 Å². The fraction of sp³-hybridized carbons (Fsp3) is 0.385. The summed E-state index contributed by atoms with van der Waals surface area (Å²) in [4.78, 5) is 24.3. The predicted octanol–water partition coefficient (Wildman–Crippen LogP) is 2.50. The van der Waals surface area contributed by atoms with Crippen molar-refractivity contribution in [1.29, 1.82) is 0 Å². The maximum absolute atomic E-state index is 11.7. The minimum atomic E-state index is -0.759. The van der Waals surface area contributed by atoms with Crippen molar-refractivity contribution in [2.75, 3.05) is 20.3 Å². The summed E-state index contributed by atoms with van der Waals surface area (Å²) in [5.41, 5.74) is -0.322. The molecule has 1 amide bonds. The second-order valence-electron chi connectivity index (χ2n) is 3.66. The lowest BCUT2D eigenvalue weighted by Crippen LogP contribution is -2.39. The van der Waals surface area contributed by atoms with Gasteiger partial charge in [0, 0.05) is 6.54 Å². The Morgan fingerprint density at radius 2 is 1.95 bits per heavy atom. The topological polar surface area (TPSA) is 55.8 Å². The summed E-state index contributed by atoms with van der Waals surface area (Å²) in [5.74, 6) is -0.479. The zero-order valence-corrected chi connectivity index (χ0v) is 11.6. The number of hydrogen-bond acceptors (Lipinski definition) is 4. The van der Waals surface area contributed by atoms with Crippen LogP contribution in [0, 0.1) is 0 Å². The lowest BCUT2D eigenvalue weighted by atomic mass is 10.2. The molecule has 0 N–H and O–H groups in total. The fourth-order valence-corrected chi connectivity index (χ4v) is 1.73. The van der Waals surface area contributed by atoms with Gasteiger partial charge in [-0.15, -0.1) is 0 Å². The van der Waals surface area contributed by atoms with Crippen LogP contribution in [0.4, 0.5) is 4.79 Å². The number of rotatable bonds is 5. The minimum Gasteiger partial charge on any atom is -0.459 e. The first-order valence-electron chi connectivity index (χ1n) is 5.81. The quantitative estimate of drug-likeness (QED) is 0.474. The summed E-state index contributed by atoms with van der Waals surface area (Å²) in [5, 5.41) is 0. The third-order valence-electron chi connectivity index (χ3n) is 2.45. The third-order valence-corrected chi connectivity index (χ3v) is 2.81. The second kappa shape index (κ2) is 7.63. The van der Waals surface area contributed by atoms with Gasteiger partial charge < -0.3 is 9.47 Å². The number of halogens is 1. The van der Waals surface area contributed by atoms with Crippen LogP contribution in [0.5, 0.6) is 0 Å². The standard InChI is InChI=1S/C13H16ClNO4/c1-3-15(13(17)18-2)11(14)9-19-12(16)10-7-5-4-6-8-10/h4-8,11H,3,9H2,1-2H3. The first-order chi connectivity index (χ1) is 9.10. The number of alkyl halides is 1. The lowest BCUT2D eigenvalue weighted by molar-refractivity contribution is 0.0420. The Bertz CT molecular complexity index is 424. The number of methoxy groups -OCH3 is 1. The largest absolute Gasteiger partial charge is 0.459 e. The molecule has 0 aliphatic heterocycles. The number of carbonyl (C=O) groups excluding carboxylic acids is 2. The van der Waals surface area contributed by atoms with Crippen LogP contribution >= 0.6 is 11.6 Å². The summed E-state index contributed by atoms with van der Waals surface area (Å²) in [6, 6.07) is 8.56. The van der Waals surface area contributed by atoms with Crippen molar-refractivity contribution in [2.24, 2.45) is 0 Å². The zero-order valence-electron chi connectivity index (χ0n) is 10.8. The van der Waals surface area contributed by atoms with Crippen molar-refractivity contribution in [3.05, 3.63) is 35.9 Å². The van der Waals surface area contributed by atoms with E-state index < -0.39 is 17.6 Å². The molecular formula is C13H16ClNO4. The summed E-state index contributed by atoms with van der Waals surface area (Å²) < 4.78 is 9.62. The molecule has 1 aromatic carbocycles. The van der Waals surface area contributed by atoms with E-state index in [0.29, 0.717) is 12.1 Å². The molecule has 1 atom stereocenters. The molecule has 19 heavy (non-hydrogen) atoms. The number of hydrogen-bond donors (Lipinski definition) is 0. The normalized spacial score (nSPS) is 11.5. The Labute approximate surface area is 117 Å². The maximum atomic E-state index is 11.7. The first-order valence-corrected chi connectivity index (χ1v) is 6.24. The van der Waals surface area contributed by atoms with Gasteiger partial charge in [-0.05, 0) is 19.1 Å². The zero-order chi connectivity index (χ0) is 14.3. The van der Waals surface area contributed by atoms with Crippen molar-refractivity contribution >= 4 is 23.7 Å². The summed E-state index contributed by atoms with van der Waals surface area (Å²) in [6.07, 6.45) is -0.557. The fourth-order valence-electron chi connectivity index (χ4n) is 1.45. The van der Waals surface area contributed by atoms with Crippen LogP contribution in [0.2, 0.25) is 0 Å². The van der Waals surface area contributed by atoms with E-state index in [1.165, 1.54) is 12.0 Å². The molecule has 0 bridgehead atoms. The maximum Gasteiger partial charge on any atom is 0.410 e. The summed E-state index contributed by atoms with van der Waals surface area (Å²) in [6.45, 7) is 2.02. The lowest BCUT2D eigenvalue weighted by Gasteiger charge is -2.24. The van der Waals surface area contributed by atoms with Crippen molar-refractivity contribution in [2.45, 2.75) is 12.4 Å². The second-order valence-corrected chi connectivity index (χ2v) is 4.16. The highest BCUT2D eigenvalue weighted by molar-refractivity contribution is 6.21. The average molecular weight is 286 g/mol. The van der Waals surface area contributed by atoms with Gasteiger partial charge in [-0.25, -0.2) is 9.59 Å². The highest BCUT2D eigenvalue weighted by atomic mass is 35.5. The molecule has 1 rings (SSSR count). The van der Waals surface area contributed by atoms with Crippen molar-refractivity contribution < 1.29 is 19.1 Å². The molecule has 0 spiro atoms. The Kier molecular flexibility index (Phi) is 6.15. The molecule has 104 valence electrons. The van der Waals surface area contributed by atoms with Crippen LogP contribution in [0.1, 0.15) is 17.3 Å². The molecule has 1 unspecified atom stereocenters. The van der Waals surface area contributed by atoms with Crippen LogP contribution in [0.3, 0.4) is 0 Å². The van der Waals surface area contributed by atoms with E-state index in [4.69, 9.17) is 16.3 Å². The highest BCUT2D eigenvalue weighted by Crippen LogP contribution is 2.09. The van der Waals surface area contributed by atoms with Crippen LogP contribution in [-0.4, -0.2) is 42.7 Å². The third kappa shape index (κ3) is 4.44. The van der Waals surface area contributed by atoms with Gasteiger partial charge in [0.05, 0.1) is 12.7 Å². The molecule has 1 aromatic rings. The predicted molar refractivity (Wildman–Crippen MR) is 71.2 cm³/mol. The van der Waals surface area contributed by atoms with E-state index in [0.717, 1.165) is 0 Å². The van der Waals surface area contributed by atoms with E-state index in [9.17, 15) is 9.59 Å². The number of ether oxygens (including phenoxy) is 2. The molecule has 0 aliphatic rings. The molecule has 0 heterocycles. The first kappa shape index (κ1) is 15.3. The highest BCUT2D eigenvalue weighted by Gasteiger charge is 2.22. The number of likely N-dealkylation sites (N-methyl/N-ethyl adjacent to an activating group) is 1. The van der Waals surface area contributed by atoms with Crippen molar-refractivity contribution in [3.63, 3.8) is 0 Å². The van der Waals surface area contributed by atoms with E-state index >= 15 is 0 Å². The van der Waals surface area contributed by atoms with Crippen LogP contribution in [0.15, 0.2) is 30.3 Å². The van der Waals surface area contributed by atoms with E-state index in [2.05, 4.69) is 4.74 Å². The summed E-state index contributed by atoms with van der Waals surface area (Å²) in [7, 11) is 1.27. The molecule has 0 saturated carbocycles. The van der Waals surface area contributed by atoms with E-state index in [1.54, 1.807) is 37.3 Å². The molecule has 0 fully saturated rings. The Hall–Kier alpha value is -1.75. The monoisotopic (exact) mass is 285 g/mol. The van der Waals surface area contributed by atoms with Gasteiger partial charge in [0.1, 0.15) is 12.1 Å². The van der Waals surface area contributed by atoms with E-state index in [1.807, 2.05) is 0 Å². The molecule has 0 aliphatic carbocycles. The number of esters is 1. The van der Waals surface area contributed by atoms with Gasteiger partial charge in [0.15, 0.2) is 0 Å². The smallest absolute Gasteiger partial charge is 0.410 e. The molecule has 0 radical (unpaired) electrons. The van der Waals surface area contributed by atoms with E-state index in [-0.39, 0.29) is 6.61 Å². The average Bonchev–Trinajstić information content (AvgIpc) is 2.46. The minimum absolute atomic E-state index is 0.0990. The SMILES string of the molecule is CCN(C(=O)OC)C(Cl)COC(=O)c1ccccc1. The van der Waals surface area contributed by atoms with Crippen LogP contribution in [0.25, 0.3) is 0 Å². The van der Waals surface area contributed by atoms with Crippen LogP contribution < -0.4 is 0 Å². The van der Waals surface area contributed by atoms with Crippen LogP contribution in [-0.2, 0) is 9.47 Å². The number of carbonyl (C=O) groups is 2. The van der Waals surface area contributed by atoms with Gasteiger partial charge in [-0.2, -0.15) is 0 Å². The number of benzene rings is 1. The summed E-state index contributed by atoms with van der Waals surface area (Å²) >= 11 is 6.00. The Morgan fingerprint density at radius 1 is 1.32 bits per heavy atom. The Balaban J connectivity index is 2.52. The van der Waals surface area contributed by atoms with Gasteiger partial charge in [0.2, 0.25) is 0 Å². The molecule has 5 nitrogen and oxygen atoms in total. The number of nitrogens with zero attached hydrogens (tertiary/aromatic N) is 1. The van der Waals surface area contributed by atoms with Gasteiger partial charge in [0.25, 0.3) is 0 Å². The van der Waals surface area contributed by atoms with Crippen molar-refractivity contribution in [1.82, 2.24) is 4.90 Å². The molecular weight excluding hydrogens is 270 g/mol. The molecule has 0 aromatic heterocycles. The number of amides is 1. The van der Waals surface area contributed by atoms with Gasteiger partial charge in [-0.1, -0.05) is 29.8 Å².